The van der Waals surface area contributed by atoms with Gasteiger partial charge in [0.05, 0.1) is 23.0 Å². The fraction of sp³-hybridized carbons (Fsp3) is 0. The summed E-state index contributed by atoms with van der Waals surface area (Å²) >= 11 is 1.50. The summed E-state index contributed by atoms with van der Waals surface area (Å²) in [6.07, 6.45) is 1.67. The fourth-order valence-electron chi connectivity index (χ4n) is 1.74. The van der Waals surface area contributed by atoms with E-state index in [-0.39, 0.29) is 5.91 Å². The minimum atomic E-state index is -0.103. The van der Waals surface area contributed by atoms with Crippen LogP contribution >= 0.6 is 11.3 Å². The predicted molar refractivity (Wildman–Crippen MR) is 74.0 cm³/mol. The van der Waals surface area contributed by atoms with E-state index in [1.807, 2.05) is 41.1 Å². The van der Waals surface area contributed by atoms with Crippen LogP contribution in [0, 0.1) is 0 Å². The lowest BCUT2D eigenvalue weighted by atomic mass is 10.2. The first kappa shape index (κ1) is 10.9. The van der Waals surface area contributed by atoms with Gasteiger partial charge in [-0.15, -0.1) is 0 Å². The Morgan fingerprint density at radius 1 is 1.22 bits per heavy atom. The van der Waals surface area contributed by atoms with E-state index in [1.54, 1.807) is 12.3 Å². The molecule has 2 aromatic heterocycles. The van der Waals surface area contributed by atoms with E-state index >= 15 is 0 Å². The molecule has 0 unspecified atom stereocenters. The van der Waals surface area contributed by atoms with Gasteiger partial charge in [0.15, 0.2) is 0 Å². The standard InChI is InChI=1S/C14H10N2OS/c17-14(11-5-6-18-9-11)16-12-7-10-3-1-2-4-13(10)15-8-12/h1-9H,(H,16,17). The largest absolute Gasteiger partial charge is 0.321 e. The summed E-state index contributed by atoms with van der Waals surface area (Å²) in [5.74, 6) is -0.103. The molecule has 0 aliphatic rings. The number of para-hydroxylation sites is 1. The summed E-state index contributed by atoms with van der Waals surface area (Å²) in [6, 6.07) is 11.5. The van der Waals surface area contributed by atoms with Crippen LogP contribution in [0.4, 0.5) is 5.69 Å². The molecule has 0 aliphatic carbocycles. The van der Waals surface area contributed by atoms with E-state index in [0.29, 0.717) is 11.3 Å². The highest BCUT2D eigenvalue weighted by atomic mass is 32.1. The number of rotatable bonds is 2. The zero-order valence-corrected chi connectivity index (χ0v) is 10.3. The molecule has 2 heterocycles. The monoisotopic (exact) mass is 254 g/mol. The van der Waals surface area contributed by atoms with Crippen LogP contribution in [-0.4, -0.2) is 10.9 Å². The van der Waals surface area contributed by atoms with Gasteiger partial charge in [-0.2, -0.15) is 11.3 Å². The van der Waals surface area contributed by atoms with Crippen molar-refractivity contribution in [1.29, 1.82) is 0 Å². The molecule has 3 nitrogen and oxygen atoms in total. The third-order valence-electron chi connectivity index (χ3n) is 2.63. The van der Waals surface area contributed by atoms with Gasteiger partial charge in [-0.1, -0.05) is 18.2 Å². The molecule has 88 valence electrons. The number of hydrogen-bond donors (Lipinski definition) is 1. The number of thiophene rings is 1. The van der Waals surface area contributed by atoms with Crippen LogP contribution in [0.2, 0.25) is 0 Å². The maximum Gasteiger partial charge on any atom is 0.256 e. The number of hydrogen-bond acceptors (Lipinski definition) is 3. The molecule has 0 fully saturated rings. The van der Waals surface area contributed by atoms with E-state index < -0.39 is 0 Å². The molecule has 1 N–H and O–H groups in total. The van der Waals surface area contributed by atoms with Gasteiger partial charge in [0.25, 0.3) is 5.91 Å². The summed E-state index contributed by atoms with van der Waals surface area (Å²) in [6.45, 7) is 0. The summed E-state index contributed by atoms with van der Waals surface area (Å²) in [7, 11) is 0. The van der Waals surface area contributed by atoms with Crippen LogP contribution in [-0.2, 0) is 0 Å². The minimum Gasteiger partial charge on any atom is -0.321 e. The maximum atomic E-state index is 11.9. The van der Waals surface area contributed by atoms with Gasteiger partial charge < -0.3 is 5.32 Å². The zero-order chi connectivity index (χ0) is 12.4. The van der Waals surface area contributed by atoms with Crippen LogP contribution in [0.1, 0.15) is 10.4 Å². The lowest BCUT2D eigenvalue weighted by molar-refractivity contribution is 0.102. The quantitative estimate of drug-likeness (QED) is 0.760. The third-order valence-corrected chi connectivity index (χ3v) is 3.31. The maximum absolute atomic E-state index is 11.9. The molecule has 1 aromatic carbocycles. The molecule has 18 heavy (non-hydrogen) atoms. The van der Waals surface area contributed by atoms with Crippen molar-refractivity contribution in [3.63, 3.8) is 0 Å². The number of fused-ring (bicyclic) bond motifs is 1. The Hall–Kier alpha value is -2.20. The average Bonchev–Trinajstić information content (AvgIpc) is 2.92. The zero-order valence-electron chi connectivity index (χ0n) is 9.46. The highest BCUT2D eigenvalue weighted by Gasteiger charge is 2.06. The minimum absolute atomic E-state index is 0.103. The van der Waals surface area contributed by atoms with Gasteiger partial charge in [-0.05, 0) is 23.6 Å². The summed E-state index contributed by atoms with van der Waals surface area (Å²) in [4.78, 5) is 16.2. The lowest BCUT2D eigenvalue weighted by Crippen LogP contribution is -2.10. The normalized spacial score (nSPS) is 10.4. The number of nitrogens with one attached hydrogen (secondary N) is 1. The molecule has 0 aliphatic heterocycles. The molecule has 0 bridgehead atoms. The van der Waals surface area contributed by atoms with Gasteiger partial charge in [0.2, 0.25) is 0 Å². The number of aromatic nitrogens is 1. The molecule has 0 radical (unpaired) electrons. The van der Waals surface area contributed by atoms with Crippen molar-refractivity contribution in [2.24, 2.45) is 0 Å². The van der Waals surface area contributed by atoms with Crippen LogP contribution in [0.3, 0.4) is 0 Å². The van der Waals surface area contributed by atoms with Crippen molar-refractivity contribution < 1.29 is 4.79 Å². The van der Waals surface area contributed by atoms with Crippen molar-refractivity contribution in [1.82, 2.24) is 4.98 Å². The molecule has 0 atom stereocenters. The number of carbonyl (C=O) groups excluding carboxylic acids is 1. The SMILES string of the molecule is O=C(Nc1cnc2ccccc2c1)c1ccsc1. The third kappa shape index (κ3) is 2.10. The van der Waals surface area contributed by atoms with Crippen molar-refractivity contribution in [3.05, 3.63) is 58.9 Å². The van der Waals surface area contributed by atoms with E-state index in [0.717, 1.165) is 10.9 Å². The predicted octanol–water partition coefficient (Wildman–Crippen LogP) is 3.55. The van der Waals surface area contributed by atoms with Crippen molar-refractivity contribution in [3.8, 4) is 0 Å². The molecule has 1 amide bonds. The van der Waals surface area contributed by atoms with Crippen molar-refractivity contribution in [2.75, 3.05) is 5.32 Å². The Bertz CT molecular complexity index is 692. The van der Waals surface area contributed by atoms with Crippen LogP contribution in [0.15, 0.2) is 53.4 Å². The summed E-state index contributed by atoms with van der Waals surface area (Å²) in [5.41, 5.74) is 2.31. The van der Waals surface area contributed by atoms with Gasteiger partial charge >= 0.3 is 0 Å². The number of benzene rings is 1. The molecular formula is C14H10N2OS. The Labute approximate surface area is 108 Å². The number of pyridine rings is 1. The van der Waals surface area contributed by atoms with Crippen molar-refractivity contribution >= 4 is 33.8 Å². The molecule has 0 saturated heterocycles. The molecule has 4 heteroatoms. The van der Waals surface area contributed by atoms with E-state index in [4.69, 9.17) is 0 Å². The first-order valence-corrected chi connectivity index (χ1v) is 6.45. The van der Waals surface area contributed by atoms with E-state index in [2.05, 4.69) is 10.3 Å². The van der Waals surface area contributed by atoms with Gasteiger partial charge in [0, 0.05) is 10.8 Å². The lowest BCUT2D eigenvalue weighted by Gasteiger charge is -2.04. The molecule has 0 spiro atoms. The molecule has 0 saturated carbocycles. The number of carbonyl (C=O) groups is 1. The first-order chi connectivity index (χ1) is 8.83. The topological polar surface area (TPSA) is 42.0 Å². The summed E-state index contributed by atoms with van der Waals surface area (Å²) < 4.78 is 0. The van der Waals surface area contributed by atoms with E-state index in [9.17, 15) is 4.79 Å². The number of nitrogens with zero attached hydrogens (tertiary/aromatic N) is 1. The van der Waals surface area contributed by atoms with Crippen molar-refractivity contribution in [2.45, 2.75) is 0 Å². The molecular weight excluding hydrogens is 244 g/mol. The summed E-state index contributed by atoms with van der Waals surface area (Å²) in [5, 5.41) is 7.56. The Morgan fingerprint density at radius 3 is 2.94 bits per heavy atom. The van der Waals surface area contributed by atoms with Crippen LogP contribution in [0.25, 0.3) is 10.9 Å². The average molecular weight is 254 g/mol. The number of amides is 1. The Balaban J connectivity index is 1.89. The van der Waals surface area contributed by atoms with Gasteiger partial charge in [-0.3, -0.25) is 9.78 Å². The van der Waals surface area contributed by atoms with Crippen LogP contribution < -0.4 is 5.32 Å². The Morgan fingerprint density at radius 2 is 2.11 bits per heavy atom. The van der Waals surface area contributed by atoms with Crippen LogP contribution in [0.5, 0.6) is 0 Å². The highest BCUT2D eigenvalue weighted by Crippen LogP contribution is 2.17. The second-order valence-corrected chi connectivity index (χ2v) is 4.66. The fourth-order valence-corrected chi connectivity index (χ4v) is 2.37. The second-order valence-electron chi connectivity index (χ2n) is 3.88. The smallest absolute Gasteiger partial charge is 0.256 e. The number of anilines is 1. The van der Waals surface area contributed by atoms with E-state index in [1.165, 1.54) is 11.3 Å². The van der Waals surface area contributed by atoms with Gasteiger partial charge in [-0.25, -0.2) is 0 Å². The Kier molecular flexibility index (Phi) is 2.78. The highest BCUT2D eigenvalue weighted by molar-refractivity contribution is 7.08. The first-order valence-electron chi connectivity index (χ1n) is 5.51. The molecule has 3 aromatic rings. The second kappa shape index (κ2) is 4.58. The molecule has 3 rings (SSSR count). The van der Waals surface area contributed by atoms with Gasteiger partial charge in [0.1, 0.15) is 0 Å².